The summed E-state index contributed by atoms with van der Waals surface area (Å²) >= 11 is 0. The van der Waals surface area contributed by atoms with Crippen molar-refractivity contribution in [1.82, 2.24) is 5.32 Å². The van der Waals surface area contributed by atoms with Crippen LogP contribution in [0.2, 0.25) is 0 Å². The number of benzene rings is 2. The molecule has 2 aromatic rings. The van der Waals surface area contributed by atoms with Gasteiger partial charge in [0.15, 0.2) is 0 Å². The number of aliphatic imine (C=N–C) groups is 1. The fourth-order valence-electron chi connectivity index (χ4n) is 2.41. The van der Waals surface area contributed by atoms with Crippen LogP contribution in [-0.4, -0.2) is 12.7 Å². The molecule has 0 heterocycles. The molecule has 0 spiro atoms. The minimum Gasteiger partial charge on any atom is -0.332 e. The second kappa shape index (κ2) is 7.40. The number of nitrogens with zero attached hydrogens (tertiary/aromatic N) is 3. The highest BCUT2D eigenvalue weighted by atomic mass is 16.2. The average Bonchev–Trinajstić information content (AvgIpc) is 2.59. The first-order valence-corrected chi connectivity index (χ1v) is 7.36. The van der Waals surface area contributed by atoms with Crippen molar-refractivity contribution >= 4 is 24.1 Å². The van der Waals surface area contributed by atoms with E-state index >= 15 is 0 Å². The number of aryl methyl sites for hydroxylation is 2. The average molecular weight is 321 g/mol. The normalized spacial score (nSPS) is 9.92. The SMILES string of the molecule is C=Nc1ccc(C#N)cc1N(N)C(=O)NCc1c(C)cccc1C. The minimum atomic E-state index is -0.488. The maximum atomic E-state index is 12.4. The fourth-order valence-corrected chi connectivity index (χ4v) is 2.41. The molecule has 0 bridgehead atoms. The van der Waals surface area contributed by atoms with Crippen molar-refractivity contribution in [2.24, 2.45) is 10.8 Å². The topological polar surface area (TPSA) is 94.5 Å². The second-order valence-electron chi connectivity index (χ2n) is 5.37. The molecule has 0 atom stereocenters. The van der Waals surface area contributed by atoms with Gasteiger partial charge in [-0.2, -0.15) is 5.26 Å². The molecule has 0 fully saturated rings. The van der Waals surface area contributed by atoms with E-state index in [-0.39, 0.29) is 0 Å². The first-order valence-electron chi connectivity index (χ1n) is 7.36. The van der Waals surface area contributed by atoms with Gasteiger partial charge in [-0.25, -0.2) is 15.6 Å². The number of nitrogens with two attached hydrogens (primary N) is 1. The van der Waals surface area contributed by atoms with Crippen LogP contribution in [0.3, 0.4) is 0 Å². The lowest BCUT2D eigenvalue weighted by atomic mass is 10.0. The summed E-state index contributed by atoms with van der Waals surface area (Å²) in [5.74, 6) is 5.90. The van der Waals surface area contributed by atoms with Crippen LogP contribution >= 0.6 is 0 Å². The molecule has 3 N–H and O–H groups in total. The molecule has 0 aliphatic heterocycles. The van der Waals surface area contributed by atoms with Gasteiger partial charge in [-0.05, 0) is 55.5 Å². The molecule has 2 aromatic carbocycles. The number of rotatable bonds is 4. The first-order chi connectivity index (χ1) is 11.5. The van der Waals surface area contributed by atoms with Crippen LogP contribution < -0.4 is 16.2 Å². The summed E-state index contributed by atoms with van der Waals surface area (Å²) in [6.07, 6.45) is 0. The van der Waals surface area contributed by atoms with Gasteiger partial charge in [0.2, 0.25) is 0 Å². The van der Waals surface area contributed by atoms with Crippen molar-refractivity contribution in [2.45, 2.75) is 20.4 Å². The summed E-state index contributed by atoms with van der Waals surface area (Å²) < 4.78 is 0. The van der Waals surface area contributed by atoms with Crippen LogP contribution in [0.25, 0.3) is 0 Å². The van der Waals surface area contributed by atoms with Crippen molar-refractivity contribution in [2.75, 3.05) is 5.01 Å². The zero-order valence-electron chi connectivity index (χ0n) is 13.7. The lowest BCUT2D eigenvalue weighted by Gasteiger charge is -2.20. The molecule has 2 amide bonds. The van der Waals surface area contributed by atoms with Gasteiger partial charge in [0, 0.05) is 6.54 Å². The third-order valence-electron chi connectivity index (χ3n) is 3.81. The van der Waals surface area contributed by atoms with E-state index in [4.69, 9.17) is 11.1 Å². The molecule has 0 radical (unpaired) electrons. The third-order valence-corrected chi connectivity index (χ3v) is 3.81. The van der Waals surface area contributed by atoms with Gasteiger partial charge in [0.1, 0.15) is 0 Å². The van der Waals surface area contributed by atoms with E-state index in [0.29, 0.717) is 23.5 Å². The molecule has 0 saturated carbocycles. The van der Waals surface area contributed by atoms with E-state index in [0.717, 1.165) is 21.7 Å². The molecular formula is C18H19N5O. The van der Waals surface area contributed by atoms with Gasteiger partial charge in [0.25, 0.3) is 0 Å². The Balaban J connectivity index is 2.19. The molecule has 24 heavy (non-hydrogen) atoms. The maximum absolute atomic E-state index is 12.4. The smallest absolute Gasteiger partial charge is 0.332 e. The van der Waals surface area contributed by atoms with E-state index < -0.39 is 6.03 Å². The zero-order chi connectivity index (χ0) is 17.7. The summed E-state index contributed by atoms with van der Waals surface area (Å²) in [6.45, 7) is 7.80. The second-order valence-corrected chi connectivity index (χ2v) is 5.37. The van der Waals surface area contributed by atoms with Crippen LogP contribution in [0, 0.1) is 25.2 Å². The molecule has 122 valence electrons. The Hall–Kier alpha value is -3.17. The van der Waals surface area contributed by atoms with Crippen LogP contribution in [-0.2, 0) is 6.54 Å². The Morgan fingerprint density at radius 2 is 2.00 bits per heavy atom. The summed E-state index contributed by atoms with van der Waals surface area (Å²) in [4.78, 5) is 16.2. The number of carbonyl (C=O) groups excluding carboxylic acids is 1. The fraction of sp³-hybridized carbons (Fsp3) is 0.167. The summed E-state index contributed by atoms with van der Waals surface area (Å²) in [5, 5.41) is 12.7. The van der Waals surface area contributed by atoms with E-state index in [2.05, 4.69) is 17.0 Å². The van der Waals surface area contributed by atoms with Crippen molar-refractivity contribution in [1.29, 1.82) is 5.26 Å². The van der Waals surface area contributed by atoms with Gasteiger partial charge in [-0.15, -0.1) is 0 Å². The molecule has 0 unspecified atom stereocenters. The Labute approximate surface area is 141 Å². The molecule has 0 aromatic heterocycles. The lowest BCUT2D eigenvalue weighted by molar-refractivity contribution is 0.246. The Morgan fingerprint density at radius 3 is 2.58 bits per heavy atom. The van der Waals surface area contributed by atoms with Crippen molar-refractivity contribution in [3.05, 3.63) is 58.7 Å². The predicted molar refractivity (Wildman–Crippen MR) is 95.2 cm³/mol. The van der Waals surface area contributed by atoms with Crippen molar-refractivity contribution in [3.8, 4) is 6.07 Å². The Morgan fingerprint density at radius 1 is 1.33 bits per heavy atom. The number of amides is 2. The number of urea groups is 1. The largest absolute Gasteiger partial charge is 0.336 e. The van der Waals surface area contributed by atoms with E-state index in [1.54, 1.807) is 12.1 Å². The van der Waals surface area contributed by atoms with E-state index in [9.17, 15) is 4.79 Å². The summed E-state index contributed by atoms with van der Waals surface area (Å²) in [6, 6.07) is 12.2. The predicted octanol–water partition coefficient (Wildman–Crippen LogP) is 3.10. The number of hydrogen-bond acceptors (Lipinski definition) is 4. The van der Waals surface area contributed by atoms with Crippen LogP contribution in [0.1, 0.15) is 22.3 Å². The van der Waals surface area contributed by atoms with Crippen molar-refractivity contribution < 1.29 is 4.79 Å². The Bertz CT molecular complexity index is 802. The number of carbonyl (C=O) groups is 1. The molecule has 0 saturated heterocycles. The standard InChI is InChI=1S/C18H19N5O/c1-12-5-4-6-13(2)15(12)11-22-18(24)23(20)17-9-14(10-19)7-8-16(17)21-3/h4-9H,3,11,20H2,1-2H3,(H,22,24). The first kappa shape index (κ1) is 17.2. The number of nitriles is 1. The number of hydrazine groups is 1. The molecule has 2 rings (SSSR count). The molecular weight excluding hydrogens is 302 g/mol. The zero-order valence-corrected chi connectivity index (χ0v) is 13.7. The summed E-state index contributed by atoms with van der Waals surface area (Å²) in [5.41, 5.74) is 4.38. The van der Waals surface area contributed by atoms with Gasteiger partial charge >= 0.3 is 6.03 Å². The van der Waals surface area contributed by atoms with Gasteiger partial charge < -0.3 is 5.32 Å². The van der Waals surface area contributed by atoms with Crippen LogP contribution in [0.15, 0.2) is 41.4 Å². The highest BCUT2D eigenvalue weighted by Gasteiger charge is 2.16. The van der Waals surface area contributed by atoms with Gasteiger partial charge in [-0.1, -0.05) is 18.2 Å². The number of hydrogen-bond donors (Lipinski definition) is 2. The van der Waals surface area contributed by atoms with Crippen LogP contribution in [0.4, 0.5) is 16.2 Å². The number of nitrogens with one attached hydrogen (secondary N) is 1. The van der Waals surface area contributed by atoms with Gasteiger partial charge in [0.05, 0.1) is 23.0 Å². The third kappa shape index (κ3) is 3.59. The van der Waals surface area contributed by atoms with Crippen LogP contribution in [0.5, 0.6) is 0 Å². The van der Waals surface area contributed by atoms with E-state index in [1.165, 1.54) is 6.07 Å². The summed E-state index contributed by atoms with van der Waals surface area (Å²) in [7, 11) is 0. The van der Waals surface area contributed by atoms with E-state index in [1.807, 2.05) is 38.1 Å². The maximum Gasteiger partial charge on any atom is 0.336 e. The molecule has 6 nitrogen and oxygen atoms in total. The monoisotopic (exact) mass is 321 g/mol. The lowest BCUT2D eigenvalue weighted by Crippen LogP contribution is -2.44. The quantitative estimate of drug-likeness (QED) is 0.392. The minimum absolute atomic E-state index is 0.322. The highest BCUT2D eigenvalue weighted by molar-refractivity contribution is 5.94. The molecule has 6 heteroatoms. The molecule has 0 aliphatic rings. The molecule has 0 aliphatic carbocycles. The highest BCUT2D eigenvalue weighted by Crippen LogP contribution is 2.28. The number of anilines is 1. The Kier molecular flexibility index (Phi) is 5.30. The van der Waals surface area contributed by atoms with Crippen molar-refractivity contribution in [3.63, 3.8) is 0 Å². The van der Waals surface area contributed by atoms with Gasteiger partial charge in [-0.3, -0.25) is 4.99 Å².